The average molecular weight is 357 g/mol. The van der Waals surface area contributed by atoms with Crippen LogP contribution in [0.3, 0.4) is 0 Å². The maximum absolute atomic E-state index is 12.7. The van der Waals surface area contributed by atoms with Gasteiger partial charge < -0.3 is 5.11 Å². The van der Waals surface area contributed by atoms with Crippen LogP contribution in [0, 0.1) is 12.8 Å². The van der Waals surface area contributed by atoms with E-state index in [0.717, 1.165) is 22.0 Å². The lowest BCUT2D eigenvalue weighted by Gasteiger charge is -2.39. The zero-order valence-corrected chi connectivity index (χ0v) is 14.6. The van der Waals surface area contributed by atoms with Gasteiger partial charge in [-0.2, -0.15) is 0 Å². The first-order valence-corrected chi connectivity index (χ1v) is 9.79. The van der Waals surface area contributed by atoms with Gasteiger partial charge in [-0.1, -0.05) is 12.8 Å². The van der Waals surface area contributed by atoms with Gasteiger partial charge in [0.1, 0.15) is 5.76 Å². The Balaban J connectivity index is 1.97. The van der Waals surface area contributed by atoms with Crippen LogP contribution < -0.4 is 5.32 Å². The molecule has 0 bridgehead atoms. The van der Waals surface area contributed by atoms with Crippen molar-refractivity contribution in [1.82, 2.24) is 9.29 Å². The van der Waals surface area contributed by atoms with E-state index in [-0.39, 0.29) is 11.5 Å². The number of nitrogens with one attached hydrogen (secondary N) is 1. The fraction of sp³-hybridized carbons (Fsp3) is 0.571. The highest BCUT2D eigenvalue weighted by Crippen LogP contribution is 2.41. The van der Waals surface area contributed by atoms with Crippen molar-refractivity contribution in [2.45, 2.75) is 37.9 Å². The molecule has 126 valence electrons. The van der Waals surface area contributed by atoms with E-state index in [1.807, 2.05) is 6.92 Å². The first-order valence-electron chi connectivity index (χ1n) is 7.47. The number of anilines is 1. The number of aromatic nitrogens is 1. The Morgan fingerprint density at radius 3 is 2.78 bits per heavy atom. The fourth-order valence-electron chi connectivity index (χ4n) is 3.26. The highest BCUT2D eigenvalue weighted by molar-refractivity contribution is 7.90. The van der Waals surface area contributed by atoms with Crippen molar-refractivity contribution < 1.29 is 18.3 Å². The van der Waals surface area contributed by atoms with Gasteiger partial charge in [0.25, 0.3) is 5.91 Å². The Hall–Kier alpha value is -1.61. The Morgan fingerprint density at radius 1 is 1.43 bits per heavy atom. The Kier molecular flexibility index (Phi) is 4.09. The molecule has 1 aromatic heterocycles. The van der Waals surface area contributed by atoms with Crippen molar-refractivity contribution in [3.05, 3.63) is 22.5 Å². The summed E-state index contributed by atoms with van der Waals surface area (Å²) in [7, 11) is -2.32. The summed E-state index contributed by atoms with van der Waals surface area (Å²) in [6.45, 7) is 1.86. The van der Waals surface area contributed by atoms with Crippen molar-refractivity contribution >= 4 is 32.4 Å². The van der Waals surface area contributed by atoms with E-state index in [9.17, 15) is 18.3 Å². The van der Waals surface area contributed by atoms with Crippen LogP contribution in [-0.2, 0) is 14.8 Å². The van der Waals surface area contributed by atoms with Gasteiger partial charge >= 0.3 is 0 Å². The van der Waals surface area contributed by atoms with Crippen molar-refractivity contribution in [1.29, 1.82) is 0 Å². The minimum Gasteiger partial charge on any atom is -0.510 e. The third-order valence-corrected chi connectivity index (χ3v) is 7.54. The molecule has 0 saturated heterocycles. The molecular formula is C14H19N3O4S2. The van der Waals surface area contributed by atoms with E-state index >= 15 is 0 Å². The minimum atomic E-state index is -3.64. The van der Waals surface area contributed by atoms with Crippen molar-refractivity contribution in [3.8, 4) is 0 Å². The van der Waals surface area contributed by atoms with Crippen LogP contribution in [0.25, 0.3) is 0 Å². The lowest BCUT2D eigenvalue weighted by Crippen LogP contribution is -2.49. The van der Waals surface area contributed by atoms with Crippen LogP contribution in [0.4, 0.5) is 5.13 Å². The van der Waals surface area contributed by atoms with Gasteiger partial charge in [-0.25, -0.2) is 13.4 Å². The second kappa shape index (κ2) is 5.79. The van der Waals surface area contributed by atoms with Gasteiger partial charge in [0.2, 0.25) is 10.0 Å². The van der Waals surface area contributed by atoms with Crippen molar-refractivity contribution in [2.75, 3.05) is 12.4 Å². The van der Waals surface area contributed by atoms with Gasteiger partial charge in [0.15, 0.2) is 10.8 Å². The first kappa shape index (κ1) is 16.3. The number of aliphatic hydroxyl groups excluding tert-OH is 1. The number of carbonyl (C=O) groups excluding carboxylic acids is 1. The number of allylic oxidation sites excluding steroid dienone is 1. The molecular weight excluding hydrogens is 338 g/mol. The molecule has 1 aromatic rings. The van der Waals surface area contributed by atoms with E-state index in [1.165, 1.54) is 18.4 Å². The van der Waals surface area contributed by atoms with Gasteiger partial charge in [-0.15, -0.1) is 11.3 Å². The van der Waals surface area contributed by atoms with Crippen molar-refractivity contribution in [3.63, 3.8) is 0 Å². The lowest BCUT2D eigenvalue weighted by atomic mass is 9.86. The summed E-state index contributed by atoms with van der Waals surface area (Å²) in [6.07, 6.45) is 4.39. The summed E-state index contributed by atoms with van der Waals surface area (Å²) in [5, 5.41) is 12.8. The number of aryl methyl sites for hydroxylation is 1. The van der Waals surface area contributed by atoms with E-state index in [2.05, 4.69) is 10.3 Å². The second-order valence-electron chi connectivity index (χ2n) is 5.91. The normalized spacial score (nSPS) is 26.8. The molecule has 7 nitrogen and oxygen atoms in total. The zero-order valence-electron chi connectivity index (χ0n) is 12.9. The Bertz CT molecular complexity index is 769. The molecule has 1 saturated carbocycles. The third kappa shape index (κ3) is 2.72. The molecule has 2 N–H and O–H groups in total. The van der Waals surface area contributed by atoms with Crippen LogP contribution in [0.1, 0.15) is 30.6 Å². The summed E-state index contributed by atoms with van der Waals surface area (Å²) in [5.41, 5.74) is -0.194. The first-order chi connectivity index (χ1) is 10.8. The number of hydrogen-bond donors (Lipinski definition) is 2. The molecule has 9 heteroatoms. The van der Waals surface area contributed by atoms with E-state index in [1.54, 1.807) is 6.20 Å². The molecule has 2 aliphatic rings. The predicted molar refractivity (Wildman–Crippen MR) is 87.6 cm³/mol. The monoisotopic (exact) mass is 357 g/mol. The van der Waals surface area contributed by atoms with Gasteiger partial charge in [0.05, 0.1) is 5.25 Å². The average Bonchev–Trinajstić information content (AvgIpc) is 2.91. The number of likely N-dealkylation sites (N-methyl/N-ethyl adjacent to an activating group) is 1. The molecule has 3 rings (SSSR count). The van der Waals surface area contributed by atoms with Gasteiger partial charge in [-0.3, -0.25) is 14.4 Å². The molecule has 23 heavy (non-hydrogen) atoms. The number of rotatable bonds is 2. The Morgan fingerprint density at radius 2 is 2.13 bits per heavy atom. The van der Waals surface area contributed by atoms with Gasteiger partial charge in [-0.05, 0) is 19.8 Å². The summed E-state index contributed by atoms with van der Waals surface area (Å²) < 4.78 is 26.2. The number of fused-ring (bicyclic) bond motifs is 1. The van der Waals surface area contributed by atoms with Gasteiger partial charge in [0, 0.05) is 24.0 Å². The molecule has 0 aromatic carbocycles. The number of aliphatic hydroxyl groups is 1. The number of carbonyl (C=O) groups is 1. The van der Waals surface area contributed by atoms with E-state index < -0.39 is 27.1 Å². The maximum atomic E-state index is 12.7. The highest BCUT2D eigenvalue weighted by Gasteiger charge is 2.48. The van der Waals surface area contributed by atoms with E-state index in [4.69, 9.17) is 0 Å². The Labute approximate surface area is 139 Å². The van der Waals surface area contributed by atoms with Crippen LogP contribution >= 0.6 is 11.3 Å². The molecule has 2 heterocycles. The topological polar surface area (TPSA) is 99.6 Å². The fourth-order valence-corrected chi connectivity index (χ4v) is 5.90. The molecule has 2 atom stereocenters. The van der Waals surface area contributed by atoms with E-state index in [0.29, 0.717) is 18.0 Å². The number of thiazole rings is 1. The molecule has 0 radical (unpaired) electrons. The second-order valence-corrected chi connectivity index (χ2v) is 9.32. The third-order valence-electron chi connectivity index (χ3n) is 4.43. The lowest BCUT2D eigenvalue weighted by molar-refractivity contribution is -0.114. The van der Waals surface area contributed by atoms with Crippen molar-refractivity contribution in [2.24, 2.45) is 5.92 Å². The summed E-state index contributed by atoms with van der Waals surface area (Å²) >= 11 is 1.29. The molecule has 2 unspecified atom stereocenters. The van der Waals surface area contributed by atoms with Crippen LogP contribution in [0.15, 0.2) is 17.7 Å². The van der Waals surface area contributed by atoms with Crippen LogP contribution in [0.5, 0.6) is 0 Å². The molecule has 1 amide bonds. The SMILES string of the molecule is Cc1cnc(NC(=O)C2=C(O)C3CCCCC3S(=O)(=O)N2C)s1. The number of nitrogens with zero attached hydrogens (tertiary/aromatic N) is 2. The quantitative estimate of drug-likeness (QED) is 0.843. The number of amides is 1. The molecule has 1 aliphatic heterocycles. The maximum Gasteiger partial charge on any atom is 0.278 e. The largest absolute Gasteiger partial charge is 0.510 e. The highest BCUT2D eigenvalue weighted by atomic mass is 32.2. The minimum absolute atomic E-state index is 0.127. The standard InChI is InChI=1S/C14H19N3O4S2/c1-8-7-15-14(22-8)16-13(19)11-12(18)9-5-3-4-6-10(9)23(20,21)17(11)2/h7,9-10,18H,3-6H2,1-2H3,(H,15,16,19). The zero-order chi connectivity index (χ0) is 16.8. The smallest absolute Gasteiger partial charge is 0.278 e. The molecule has 0 spiro atoms. The molecule has 1 fully saturated rings. The summed E-state index contributed by atoms with van der Waals surface area (Å²) in [6, 6.07) is 0. The number of sulfonamides is 1. The predicted octanol–water partition coefficient (Wildman–Crippen LogP) is 1.99. The van der Waals surface area contributed by atoms with Crippen LogP contribution in [0.2, 0.25) is 0 Å². The summed E-state index contributed by atoms with van der Waals surface area (Å²) in [5.74, 6) is -1.27. The summed E-state index contributed by atoms with van der Waals surface area (Å²) in [4.78, 5) is 17.5. The van der Waals surface area contributed by atoms with Crippen LogP contribution in [-0.4, -0.2) is 41.0 Å². The number of hydrogen-bond acceptors (Lipinski definition) is 6. The molecule has 1 aliphatic carbocycles.